The van der Waals surface area contributed by atoms with E-state index in [9.17, 15) is 8.78 Å². The largest absolute Gasteiger partial charge is 0.409 e. The first-order valence-electron chi connectivity index (χ1n) is 5.29. The van der Waals surface area contributed by atoms with Crippen molar-refractivity contribution in [2.45, 2.75) is 19.3 Å². The van der Waals surface area contributed by atoms with Crippen molar-refractivity contribution < 1.29 is 14.0 Å². The highest BCUT2D eigenvalue weighted by Gasteiger charge is 2.01. The maximum absolute atomic E-state index is 12.8. The van der Waals surface area contributed by atoms with E-state index in [1.54, 1.807) is 0 Å². The Labute approximate surface area is 98.1 Å². The summed E-state index contributed by atoms with van der Waals surface area (Å²) in [6.45, 7) is 0.615. The third-order valence-electron chi connectivity index (χ3n) is 2.24. The summed E-state index contributed by atoms with van der Waals surface area (Å²) >= 11 is 0. The fraction of sp³-hybridized carbons (Fsp3) is 0.364. The van der Waals surface area contributed by atoms with Crippen LogP contribution >= 0.6 is 0 Å². The number of nitrogens with two attached hydrogens (primary N) is 1. The molecule has 0 heterocycles. The van der Waals surface area contributed by atoms with Gasteiger partial charge in [0.05, 0.1) is 0 Å². The molecule has 4 N–H and O–H groups in total. The molecule has 0 aliphatic carbocycles. The summed E-state index contributed by atoms with van der Waals surface area (Å²) in [6, 6.07) is 3.66. The predicted molar refractivity (Wildman–Crippen MR) is 62.1 cm³/mol. The minimum Gasteiger partial charge on any atom is -0.409 e. The van der Waals surface area contributed by atoms with Gasteiger partial charge in [-0.3, -0.25) is 0 Å². The molecule has 0 spiro atoms. The first-order valence-corrected chi connectivity index (χ1v) is 5.29. The predicted octanol–water partition coefficient (Wildman–Crippen LogP) is 2.29. The van der Waals surface area contributed by atoms with Gasteiger partial charge in [0.25, 0.3) is 0 Å². The van der Waals surface area contributed by atoms with Gasteiger partial charge in [0.1, 0.15) is 5.84 Å². The number of rotatable bonds is 6. The molecule has 1 rings (SSSR count). The lowest BCUT2D eigenvalue weighted by atomic mass is 10.2. The molecule has 0 fully saturated rings. The molecule has 0 unspecified atom stereocenters. The molecule has 0 saturated heterocycles. The van der Waals surface area contributed by atoms with E-state index in [0.29, 0.717) is 18.7 Å². The van der Waals surface area contributed by atoms with Crippen LogP contribution in [0.15, 0.2) is 23.4 Å². The maximum Gasteiger partial charge on any atom is 0.160 e. The summed E-state index contributed by atoms with van der Waals surface area (Å²) in [5.41, 5.74) is 5.83. The normalized spacial score (nSPS) is 11.5. The minimum absolute atomic E-state index is 0.192. The molecule has 0 aliphatic heterocycles. The highest BCUT2D eigenvalue weighted by molar-refractivity contribution is 5.79. The van der Waals surface area contributed by atoms with Crippen molar-refractivity contribution in [2.75, 3.05) is 11.9 Å². The smallest absolute Gasteiger partial charge is 0.160 e. The second kappa shape index (κ2) is 6.67. The fourth-order valence-corrected chi connectivity index (χ4v) is 1.32. The fourth-order valence-electron chi connectivity index (χ4n) is 1.32. The summed E-state index contributed by atoms with van der Waals surface area (Å²) in [4.78, 5) is 0. The first kappa shape index (κ1) is 13.2. The van der Waals surface area contributed by atoms with Gasteiger partial charge in [0.15, 0.2) is 11.6 Å². The minimum atomic E-state index is -0.869. The Morgan fingerprint density at radius 2 is 2.06 bits per heavy atom. The number of hydrogen-bond donors (Lipinski definition) is 3. The first-order chi connectivity index (χ1) is 8.13. The summed E-state index contributed by atoms with van der Waals surface area (Å²) in [5.74, 6) is -1.54. The van der Waals surface area contributed by atoms with Crippen LogP contribution < -0.4 is 11.1 Å². The van der Waals surface area contributed by atoms with Crippen LogP contribution in [0.1, 0.15) is 19.3 Å². The SMILES string of the molecule is NC(CCCCNc1ccc(F)c(F)c1)=NO. The Balaban J connectivity index is 2.24. The standard InChI is InChI=1S/C11H15F2N3O/c12-9-5-4-8(7-10(9)13)15-6-2-1-3-11(14)16-17/h4-5,7,15,17H,1-3,6H2,(H2,14,16). The Morgan fingerprint density at radius 3 is 2.71 bits per heavy atom. The number of nitrogens with one attached hydrogen (secondary N) is 1. The van der Waals surface area contributed by atoms with E-state index in [1.165, 1.54) is 6.07 Å². The highest BCUT2D eigenvalue weighted by atomic mass is 19.2. The molecule has 6 heteroatoms. The lowest BCUT2D eigenvalue weighted by Gasteiger charge is -2.06. The van der Waals surface area contributed by atoms with Gasteiger partial charge in [-0.05, 0) is 31.0 Å². The Morgan fingerprint density at radius 1 is 1.29 bits per heavy atom. The van der Waals surface area contributed by atoms with Crippen LogP contribution in [-0.4, -0.2) is 17.6 Å². The van der Waals surface area contributed by atoms with Crippen molar-refractivity contribution in [3.05, 3.63) is 29.8 Å². The second-order valence-electron chi connectivity index (χ2n) is 3.60. The van der Waals surface area contributed by atoms with Gasteiger partial charge in [-0.15, -0.1) is 0 Å². The van der Waals surface area contributed by atoms with Gasteiger partial charge in [-0.1, -0.05) is 5.16 Å². The monoisotopic (exact) mass is 243 g/mol. The van der Waals surface area contributed by atoms with Crippen molar-refractivity contribution in [3.63, 3.8) is 0 Å². The molecule has 0 bridgehead atoms. The Kier molecular flexibility index (Phi) is 5.19. The van der Waals surface area contributed by atoms with Crippen molar-refractivity contribution in [2.24, 2.45) is 10.9 Å². The maximum atomic E-state index is 12.8. The summed E-state index contributed by atoms with van der Waals surface area (Å²) in [5, 5.41) is 14.1. The number of amidine groups is 1. The van der Waals surface area contributed by atoms with Crippen LogP contribution in [0.2, 0.25) is 0 Å². The number of oxime groups is 1. The second-order valence-corrected chi connectivity index (χ2v) is 3.60. The van der Waals surface area contributed by atoms with E-state index < -0.39 is 11.6 Å². The number of anilines is 1. The lowest BCUT2D eigenvalue weighted by Crippen LogP contribution is -2.11. The molecule has 0 atom stereocenters. The number of nitrogens with zero attached hydrogens (tertiary/aromatic N) is 1. The molecule has 4 nitrogen and oxygen atoms in total. The summed E-state index contributed by atoms with van der Waals surface area (Å²) in [6.07, 6.45) is 2.05. The topological polar surface area (TPSA) is 70.6 Å². The number of benzene rings is 1. The van der Waals surface area contributed by atoms with Crippen molar-refractivity contribution in [1.29, 1.82) is 0 Å². The van der Waals surface area contributed by atoms with E-state index in [2.05, 4.69) is 10.5 Å². The zero-order valence-corrected chi connectivity index (χ0v) is 9.29. The van der Waals surface area contributed by atoms with Crippen LogP contribution in [0.25, 0.3) is 0 Å². The average Bonchev–Trinajstić information content (AvgIpc) is 2.33. The van der Waals surface area contributed by atoms with Gasteiger partial charge >= 0.3 is 0 Å². The molecule has 17 heavy (non-hydrogen) atoms. The molecule has 0 amide bonds. The van der Waals surface area contributed by atoms with Gasteiger partial charge in [0, 0.05) is 18.7 Å². The molecule has 0 aliphatic rings. The zero-order valence-electron chi connectivity index (χ0n) is 9.29. The summed E-state index contributed by atoms with van der Waals surface area (Å²) in [7, 11) is 0. The van der Waals surface area contributed by atoms with Crippen molar-refractivity contribution in [3.8, 4) is 0 Å². The van der Waals surface area contributed by atoms with Gasteiger partial charge in [-0.25, -0.2) is 8.78 Å². The molecule has 1 aromatic carbocycles. The highest BCUT2D eigenvalue weighted by Crippen LogP contribution is 2.13. The van der Waals surface area contributed by atoms with Gasteiger partial charge in [0.2, 0.25) is 0 Å². The quantitative estimate of drug-likeness (QED) is 0.236. The molecular formula is C11H15F2N3O. The van der Waals surface area contributed by atoms with Crippen LogP contribution in [0.4, 0.5) is 14.5 Å². The van der Waals surface area contributed by atoms with Crippen molar-refractivity contribution in [1.82, 2.24) is 0 Å². The molecule has 0 radical (unpaired) electrons. The Hall–Kier alpha value is -1.85. The molecular weight excluding hydrogens is 228 g/mol. The number of hydrogen-bond acceptors (Lipinski definition) is 3. The molecule has 0 aromatic heterocycles. The van der Waals surface area contributed by atoms with E-state index in [4.69, 9.17) is 10.9 Å². The zero-order chi connectivity index (χ0) is 12.7. The molecule has 1 aromatic rings. The number of unbranched alkanes of at least 4 members (excludes halogenated alkanes) is 1. The van der Waals surface area contributed by atoms with Crippen LogP contribution in [0, 0.1) is 11.6 Å². The number of halogens is 2. The van der Waals surface area contributed by atoms with Crippen molar-refractivity contribution >= 4 is 11.5 Å². The van der Waals surface area contributed by atoms with E-state index >= 15 is 0 Å². The third kappa shape index (κ3) is 4.67. The van der Waals surface area contributed by atoms with Gasteiger partial charge in [-0.2, -0.15) is 0 Å². The van der Waals surface area contributed by atoms with Gasteiger partial charge < -0.3 is 16.3 Å². The van der Waals surface area contributed by atoms with E-state index in [1.807, 2.05) is 0 Å². The van der Waals surface area contributed by atoms with E-state index in [-0.39, 0.29) is 5.84 Å². The molecule has 0 saturated carbocycles. The van der Waals surface area contributed by atoms with Crippen LogP contribution in [0.3, 0.4) is 0 Å². The van der Waals surface area contributed by atoms with Crippen LogP contribution in [0.5, 0.6) is 0 Å². The molecule has 94 valence electrons. The third-order valence-corrected chi connectivity index (χ3v) is 2.24. The average molecular weight is 243 g/mol. The lowest BCUT2D eigenvalue weighted by molar-refractivity contribution is 0.316. The summed E-state index contributed by atoms with van der Waals surface area (Å²) < 4.78 is 25.4. The van der Waals surface area contributed by atoms with Crippen LogP contribution in [-0.2, 0) is 0 Å². The Bertz CT molecular complexity index is 396. The van der Waals surface area contributed by atoms with E-state index in [0.717, 1.165) is 25.0 Å².